The highest BCUT2D eigenvalue weighted by molar-refractivity contribution is 6.31. The van der Waals surface area contributed by atoms with Gasteiger partial charge in [0.05, 0.1) is 23.0 Å². The summed E-state index contributed by atoms with van der Waals surface area (Å²) in [5.74, 6) is -0.610. The lowest BCUT2D eigenvalue weighted by Gasteiger charge is -2.20. The summed E-state index contributed by atoms with van der Waals surface area (Å²) in [6.45, 7) is 1.29. The summed E-state index contributed by atoms with van der Waals surface area (Å²) in [5, 5.41) is 3.05. The molecule has 0 saturated carbocycles. The standard InChI is InChI=1S/C26H21ClF3N3O3/c1-16(23(34)31-14-18-8-5-9-19(12-18)26(28,29)30)33-22-13-20(27)10-11-21(22)24(35)32(25(33)36)15-17-6-3-2-4-7-17/h2-13,16H,14-15H2,1H3,(H,31,34). The van der Waals surface area contributed by atoms with Crippen LogP contribution in [0.1, 0.15) is 29.7 Å². The van der Waals surface area contributed by atoms with Gasteiger partial charge in [-0.2, -0.15) is 13.2 Å². The van der Waals surface area contributed by atoms with Crippen LogP contribution >= 0.6 is 11.6 Å². The van der Waals surface area contributed by atoms with Crippen molar-refractivity contribution in [3.8, 4) is 0 Å². The van der Waals surface area contributed by atoms with E-state index >= 15 is 0 Å². The van der Waals surface area contributed by atoms with Crippen LogP contribution in [0.4, 0.5) is 13.2 Å². The Kier molecular flexibility index (Phi) is 7.03. The van der Waals surface area contributed by atoms with Crippen molar-refractivity contribution in [3.63, 3.8) is 0 Å². The molecule has 0 aliphatic rings. The second kappa shape index (κ2) is 10.0. The van der Waals surface area contributed by atoms with E-state index in [4.69, 9.17) is 11.6 Å². The predicted molar refractivity (Wildman–Crippen MR) is 131 cm³/mol. The van der Waals surface area contributed by atoms with Crippen LogP contribution in [0.2, 0.25) is 5.02 Å². The average Bonchev–Trinajstić information content (AvgIpc) is 2.85. The normalized spacial score (nSPS) is 12.5. The van der Waals surface area contributed by atoms with Gasteiger partial charge in [0.25, 0.3) is 5.56 Å². The lowest BCUT2D eigenvalue weighted by molar-refractivity contribution is -0.137. The van der Waals surface area contributed by atoms with E-state index in [1.165, 1.54) is 41.8 Å². The Morgan fingerprint density at radius 3 is 2.36 bits per heavy atom. The number of halogens is 4. The Morgan fingerprint density at radius 1 is 0.972 bits per heavy atom. The van der Waals surface area contributed by atoms with E-state index in [0.29, 0.717) is 0 Å². The highest BCUT2D eigenvalue weighted by Gasteiger charge is 2.30. The maximum absolute atomic E-state index is 13.5. The molecule has 0 aliphatic heterocycles. The van der Waals surface area contributed by atoms with Gasteiger partial charge in [-0.25, -0.2) is 4.79 Å². The van der Waals surface area contributed by atoms with Gasteiger partial charge in [-0.1, -0.05) is 54.1 Å². The summed E-state index contributed by atoms with van der Waals surface area (Å²) in [4.78, 5) is 39.6. The maximum Gasteiger partial charge on any atom is 0.416 e. The highest BCUT2D eigenvalue weighted by atomic mass is 35.5. The quantitative estimate of drug-likeness (QED) is 0.402. The molecular formula is C26H21ClF3N3O3. The van der Waals surface area contributed by atoms with Crippen LogP contribution in [0.5, 0.6) is 0 Å². The minimum Gasteiger partial charge on any atom is -0.350 e. The third-order valence-corrected chi connectivity index (χ3v) is 6.04. The molecule has 1 heterocycles. The number of nitrogens with one attached hydrogen (secondary N) is 1. The summed E-state index contributed by atoms with van der Waals surface area (Å²) in [5.41, 5.74) is -0.905. The first kappa shape index (κ1) is 25.2. The van der Waals surface area contributed by atoms with Gasteiger partial charge in [0, 0.05) is 11.6 Å². The van der Waals surface area contributed by atoms with Crippen molar-refractivity contribution in [2.45, 2.75) is 32.2 Å². The van der Waals surface area contributed by atoms with Crippen molar-refractivity contribution in [2.24, 2.45) is 0 Å². The van der Waals surface area contributed by atoms with Crippen LogP contribution in [0.3, 0.4) is 0 Å². The zero-order valence-corrected chi connectivity index (χ0v) is 19.8. The van der Waals surface area contributed by atoms with Crippen LogP contribution in [0.25, 0.3) is 10.9 Å². The molecule has 10 heteroatoms. The van der Waals surface area contributed by atoms with E-state index in [2.05, 4.69) is 5.32 Å². The van der Waals surface area contributed by atoms with E-state index in [0.717, 1.165) is 22.3 Å². The van der Waals surface area contributed by atoms with E-state index in [1.807, 2.05) is 6.07 Å². The first-order chi connectivity index (χ1) is 17.1. The Morgan fingerprint density at radius 2 is 1.67 bits per heavy atom. The highest BCUT2D eigenvalue weighted by Crippen LogP contribution is 2.29. The molecule has 4 rings (SSSR count). The van der Waals surface area contributed by atoms with Crippen LogP contribution in [-0.4, -0.2) is 15.0 Å². The zero-order chi connectivity index (χ0) is 26.0. The molecule has 0 fully saturated rings. The van der Waals surface area contributed by atoms with Crippen molar-refractivity contribution >= 4 is 28.4 Å². The summed E-state index contributed by atoms with van der Waals surface area (Å²) in [6.07, 6.45) is -4.51. The van der Waals surface area contributed by atoms with E-state index < -0.39 is 34.9 Å². The van der Waals surface area contributed by atoms with Crippen LogP contribution in [0, 0.1) is 0 Å². The minimum absolute atomic E-state index is 0.00432. The van der Waals surface area contributed by atoms with Crippen molar-refractivity contribution in [3.05, 3.63) is 115 Å². The largest absolute Gasteiger partial charge is 0.416 e. The summed E-state index contributed by atoms with van der Waals surface area (Å²) < 4.78 is 41.2. The van der Waals surface area contributed by atoms with Crippen molar-refractivity contribution in [1.82, 2.24) is 14.5 Å². The molecule has 4 aromatic rings. The first-order valence-corrected chi connectivity index (χ1v) is 11.4. The Balaban J connectivity index is 1.71. The minimum atomic E-state index is -4.51. The van der Waals surface area contributed by atoms with Gasteiger partial charge in [-0.15, -0.1) is 0 Å². The Labute approximate surface area is 208 Å². The third kappa shape index (κ3) is 5.21. The van der Waals surface area contributed by atoms with Gasteiger partial charge in [0.1, 0.15) is 6.04 Å². The Hall–Kier alpha value is -3.85. The van der Waals surface area contributed by atoms with Crippen molar-refractivity contribution < 1.29 is 18.0 Å². The molecule has 1 atom stereocenters. The molecule has 0 bridgehead atoms. The SMILES string of the molecule is CC(C(=O)NCc1cccc(C(F)(F)F)c1)n1c(=O)n(Cc2ccccc2)c(=O)c2ccc(Cl)cc21. The maximum atomic E-state index is 13.5. The number of carbonyl (C=O) groups is 1. The zero-order valence-electron chi connectivity index (χ0n) is 19.1. The molecule has 0 saturated heterocycles. The molecular weight excluding hydrogens is 495 g/mol. The van der Waals surface area contributed by atoms with Crippen molar-refractivity contribution in [1.29, 1.82) is 0 Å². The lowest BCUT2D eigenvalue weighted by Crippen LogP contribution is -2.44. The molecule has 0 spiro atoms. The number of hydrogen-bond acceptors (Lipinski definition) is 3. The molecule has 1 amide bonds. The van der Waals surface area contributed by atoms with Gasteiger partial charge in [0.2, 0.25) is 5.91 Å². The van der Waals surface area contributed by atoms with Gasteiger partial charge in [-0.3, -0.25) is 18.7 Å². The third-order valence-electron chi connectivity index (χ3n) is 5.80. The molecule has 36 heavy (non-hydrogen) atoms. The number of nitrogens with zero attached hydrogens (tertiary/aromatic N) is 2. The molecule has 3 aromatic carbocycles. The fraction of sp³-hybridized carbons (Fsp3) is 0.192. The van der Waals surface area contributed by atoms with Gasteiger partial charge >= 0.3 is 11.9 Å². The molecule has 0 aliphatic carbocycles. The molecule has 1 unspecified atom stereocenters. The molecule has 1 N–H and O–H groups in total. The number of amides is 1. The number of hydrogen-bond donors (Lipinski definition) is 1. The van der Waals surface area contributed by atoms with E-state index in [9.17, 15) is 27.6 Å². The molecule has 186 valence electrons. The monoisotopic (exact) mass is 515 g/mol. The van der Waals surface area contributed by atoms with Crippen LogP contribution in [-0.2, 0) is 24.1 Å². The van der Waals surface area contributed by atoms with Gasteiger partial charge in [0.15, 0.2) is 0 Å². The fourth-order valence-electron chi connectivity index (χ4n) is 3.94. The Bertz CT molecular complexity index is 1550. The topological polar surface area (TPSA) is 73.1 Å². The van der Waals surface area contributed by atoms with E-state index in [-0.39, 0.29) is 34.6 Å². The van der Waals surface area contributed by atoms with Gasteiger partial charge in [-0.05, 0) is 48.4 Å². The van der Waals surface area contributed by atoms with E-state index in [1.54, 1.807) is 24.3 Å². The lowest BCUT2D eigenvalue weighted by atomic mass is 10.1. The summed E-state index contributed by atoms with van der Waals surface area (Å²) in [7, 11) is 0. The second-order valence-electron chi connectivity index (χ2n) is 8.28. The van der Waals surface area contributed by atoms with Crippen LogP contribution in [0.15, 0.2) is 82.4 Å². The molecule has 0 radical (unpaired) electrons. The van der Waals surface area contributed by atoms with Crippen LogP contribution < -0.4 is 16.6 Å². The number of fused-ring (bicyclic) bond motifs is 1. The fourth-order valence-corrected chi connectivity index (χ4v) is 4.11. The first-order valence-electron chi connectivity index (χ1n) is 11.0. The van der Waals surface area contributed by atoms with Crippen molar-refractivity contribution in [2.75, 3.05) is 0 Å². The number of carbonyl (C=O) groups excluding carboxylic acids is 1. The number of benzene rings is 3. The summed E-state index contributed by atoms with van der Waals surface area (Å²) >= 11 is 6.13. The smallest absolute Gasteiger partial charge is 0.350 e. The number of rotatable bonds is 6. The average molecular weight is 516 g/mol. The molecule has 6 nitrogen and oxygen atoms in total. The second-order valence-corrected chi connectivity index (χ2v) is 8.72. The van der Waals surface area contributed by atoms with Gasteiger partial charge < -0.3 is 5.32 Å². The number of alkyl halides is 3. The molecule has 1 aromatic heterocycles. The number of aromatic nitrogens is 2. The predicted octanol–water partition coefficient (Wildman–Crippen LogP) is 4.76. The summed E-state index contributed by atoms with van der Waals surface area (Å²) in [6, 6.07) is 16.9.